The van der Waals surface area contributed by atoms with Crippen molar-refractivity contribution in [2.24, 2.45) is 17.3 Å². The molecular weight excluding hydrogens is 186 g/mol. The molecule has 2 saturated carbocycles. The molecule has 1 N–H and O–H groups in total. The zero-order chi connectivity index (χ0) is 10.7. The maximum absolute atomic E-state index is 5.03. The van der Waals surface area contributed by atoms with E-state index >= 15 is 0 Å². The predicted octanol–water partition coefficient (Wildman–Crippen LogP) is 2.44. The molecule has 2 rings (SSSR count). The molecule has 1 atom stereocenters. The number of nitrogens with one attached hydrogen (secondary N) is 1. The third-order valence-electron chi connectivity index (χ3n) is 4.50. The van der Waals surface area contributed by atoms with Gasteiger partial charge in [-0.1, -0.05) is 19.8 Å². The van der Waals surface area contributed by atoms with Crippen molar-refractivity contribution < 1.29 is 4.74 Å². The molecule has 2 aliphatic rings. The molecule has 0 amide bonds. The largest absolute Gasteiger partial charge is 0.383 e. The van der Waals surface area contributed by atoms with Crippen LogP contribution in [0.25, 0.3) is 0 Å². The average molecular weight is 211 g/mol. The van der Waals surface area contributed by atoms with Crippen molar-refractivity contribution in [2.45, 2.75) is 39.0 Å². The minimum absolute atomic E-state index is 0.770. The first-order valence-corrected chi connectivity index (χ1v) is 6.46. The van der Waals surface area contributed by atoms with Crippen LogP contribution in [0.5, 0.6) is 0 Å². The SMILES string of the molecule is COCCNCC1CC12CCC(C)CC2. The molecule has 1 spiro atoms. The van der Waals surface area contributed by atoms with Crippen molar-refractivity contribution in [2.75, 3.05) is 26.8 Å². The molecule has 2 fully saturated rings. The zero-order valence-electron chi connectivity index (χ0n) is 10.2. The van der Waals surface area contributed by atoms with E-state index in [4.69, 9.17) is 4.74 Å². The van der Waals surface area contributed by atoms with Crippen LogP contribution < -0.4 is 5.32 Å². The summed E-state index contributed by atoms with van der Waals surface area (Å²) in [5, 5.41) is 3.51. The van der Waals surface area contributed by atoms with Gasteiger partial charge >= 0.3 is 0 Å². The van der Waals surface area contributed by atoms with Crippen LogP contribution in [0.2, 0.25) is 0 Å². The van der Waals surface area contributed by atoms with Crippen LogP contribution in [0.4, 0.5) is 0 Å². The van der Waals surface area contributed by atoms with E-state index < -0.39 is 0 Å². The fourth-order valence-corrected chi connectivity index (χ4v) is 3.12. The number of rotatable bonds is 5. The van der Waals surface area contributed by atoms with Gasteiger partial charge in [0.1, 0.15) is 0 Å². The maximum atomic E-state index is 5.03. The molecular formula is C13H25NO. The Hall–Kier alpha value is -0.0800. The maximum Gasteiger partial charge on any atom is 0.0587 e. The second-order valence-corrected chi connectivity index (χ2v) is 5.64. The van der Waals surface area contributed by atoms with E-state index in [-0.39, 0.29) is 0 Å². The van der Waals surface area contributed by atoms with Gasteiger partial charge in [-0.2, -0.15) is 0 Å². The number of hydrogen-bond acceptors (Lipinski definition) is 2. The molecule has 1 unspecified atom stereocenters. The van der Waals surface area contributed by atoms with Crippen molar-refractivity contribution in [1.29, 1.82) is 0 Å². The second kappa shape index (κ2) is 4.84. The lowest BCUT2D eigenvalue weighted by Crippen LogP contribution is -2.25. The Kier molecular flexibility index (Phi) is 3.68. The molecule has 0 aromatic rings. The Labute approximate surface area is 93.8 Å². The van der Waals surface area contributed by atoms with E-state index in [0.717, 1.165) is 30.4 Å². The molecule has 88 valence electrons. The number of ether oxygens (including phenoxy) is 1. The molecule has 0 heterocycles. The first-order chi connectivity index (χ1) is 7.27. The minimum Gasteiger partial charge on any atom is -0.383 e. The van der Waals surface area contributed by atoms with Crippen LogP contribution >= 0.6 is 0 Å². The van der Waals surface area contributed by atoms with Gasteiger partial charge in [-0.25, -0.2) is 0 Å². The predicted molar refractivity (Wildman–Crippen MR) is 62.9 cm³/mol. The van der Waals surface area contributed by atoms with Gasteiger partial charge in [0.05, 0.1) is 6.61 Å². The molecule has 2 aliphatic carbocycles. The van der Waals surface area contributed by atoms with Crippen molar-refractivity contribution in [3.63, 3.8) is 0 Å². The van der Waals surface area contributed by atoms with E-state index in [1.807, 2.05) is 0 Å². The summed E-state index contributed by atoms with van der Waals surface area (Å²) in [7, 11) is 1.77. The van der Waals surface area contributed by atoms with Gasteiger partial charge in [0, 0.05) is 13.7 Å². The fraction of sp³-hybridized carbons (Fsp3) is 1.00. The third kappa shape index (κ3) is 2.73. The molecule has 0 aliphatic heterocycles. The van der Waals surface area contributed by atoms with Gasteiger partial charge in [-0.3, -0.25) is 0 Å². The highest BCUT2D eigenvalue weighted by Gasteiger charge is 2.53. The summed E-state index contributed by atoms with van der Waals surface area (Å²) in [4.78, 5) is 0. The summed E-state index contributed by atoms with van der Waals surface area (Å²) in [5.74, 6) is 1.96. The smallest absolute Gasteiger partial charge is 0.0587 e. The Balaban J connectivity index is 1.62. The monoisotopic (exact) mass is 211 g/mol. The van der Waals surface area contributed by atoms with E-state index in [2.05, 4.69) is 12.2 Å². The Morgan fingerprint density at radius 3 is 2.73 bits per heavy atom. The molecule has 0 aromatic carbocycles. The third-order valence-corrected chi connectivity index (χ3v) is 4.50. The average Bonchev–Trinajstić information content (AvgIpc) is 2.92. The summed E-state index contributed by atoms with van der Waals surface area (Å²) in [5.41, 5.74) is 0.770. The first-order valence-electron chi connectivity index (χ1n) is 6.46. The van der Waals surface area contributed by atoms with Crippen LogP contribution in [0.1, 0.15) is 39.0 Å². The number of methoxy groups -OCH3 is 1. The topological polar surface area (TPSA) is 21.3 Å². The molecule has 0 saturated heterocycles. The molecule has 0 bridgehead atoms. The first kappa shape index (κ1) is 11.4. The summed E-state index contributed by atoms with van der Waals surface area (Å²) >= 11 is 0. The highest BCUT2D eigenvalue weighted by Crippen LogP contribution is 2.61. The van der Waals surface area contributed by atoms with Crippen LogP contribution in [0.3, 0.4) is 0 Å². The van der Waals surface area contributed by atoms with E-state index in [9.17, 15) is 0 Å². The second-order valence-electron chi connectivity index (χ2n) is 5.64. The van der Waals surface area contributed by atoms with Crippen LogP contribution in [-0.4, -0.2) is 26.8 Å². The highest BCUT2D eigenvalue weighted by atomic mass is 16.5. The molecule has 0 radical (unpaired) electrons. The summed E-state index contributed by atoms with van der Waals surface area (Å²) in [6, 6.07) is 0. The normalized spacial score (nSPS) is 39.6. The van der Waals surface area contributed by atoms with Gasteiger partial charge in [-0.05, 0) is 43.1 Å². The fourth-order valence-electron chi connectivity index (χ4n) is 3.12. The number of hydrogen-bond donors (Lipinski definition) is 1. The lowest BCUT2D eigenvalue weighted by molar-refractivity contribution is 0.197. The van der Waals surface area contributed by atoms with E-state index in [1.54, 1.807) is 7.11 Å². The van der Waals surface area contributed by atoms with Crippen molar-refractivity contribution in [3.8, 4) is 0 Å². The highest BCUT2D eigenvalue weighted by molar-refractivity contribution is 5.04. The van der Waals surface area contributed by atoms with Gasteiger partial charge in [0.25, 0.3) is 0 Å². The molecule has 2 heteroatoms. The summed E-state index contributed by atoms with van der Waals surface area (Å²) in [6.45, 7) is 5.48. The quantitative estimate of drug-likeness (QED) is 0.705. The van der Waals surface area contributed by atoms with E-state index in [1.165, 1.54) is 38.6 Å². The van der Waals surface area contributed by atoms with Gasteiger partial charge in [-0.15, -0.1) is 0 Å². The van der Waals surface area contributed by atoms with Crippen LogP contribution in [0, 0.1) is 17.3 Å². The van der Waals surface area contributed by atoms with Crippen molar-refractivity contribution in [3.05, 3.63) is 0 Å². The molecule has 2 nitrogen and oxygen atoms in total. The minimum atomic E-state index is 0.770. The Bertz CT molecular complexity index is 197. The van der Waals surface area contributed by atoms with E-state index in [0.29, 0.717) is 0 Å². The van der Waals surface area contributed by atoms with Gasteiger partial charge in [0.15, 0.2) is 0 Å². The summed E-state index contributed by atoms with van der Waals surface area (Å²) < 4.78 is 5.03. The molecule has 0 aromatic heterocycles. The van der Waals surface area contributed by atoms with Crippen LogP contribution in [-0.2, 0) is 4.74 Å². The molecule has 15 heavy (non-hydrogen) atoms. The zero-order valence-corrected chi connectivity index (χ0v) is 10.2. The van der Waals surface area contributed by atoms with Crippen molar-refractivity contribution in [1.82, 2.24) is 5.32 Å². The van der Waals surface area contributed by atoms with Gasteiger partial charge < -0.3 is 10.1 Å². The lowest BCUT2D eigenvalue weighted by atomic mass is 9.79. The Morgan fingerprint density at radius 2 is 2.07 bits per heavy atom. The lowest BCUT2D eigenvalue weighted by Gasteiger charge is -2.27. The standard InChI is InChI=1S/C13H25NO/c1-11-3-5-13(6-4-11)9-12(13)10-14-7-8-15-2/h11-12,14H,3-10H2,1-2H3. The Morgan fingerprint density at radius 1 is 1.33 bits per heavy atom. The van der Waals surface area contributed by atoms with Crippen LogP contribution in [0.15, 0.2) is 0 Å². The summed E-state index contributed by atoms with van der Waals surface area (Å²) in [6.07, 6.45) is 7.40. The van der Waals surface area contributed by atoms with Gasteiger partial charge in [0.2, 0.25) is 0 Å². The van der Waals surface area contributed by atoms with Crippen molar-refractivity contribution >= 4 is 0 Å².